The van der Waals surface area contributed by atoms with Gasteiger partial charge in [0.15, 0.2) is 0 Å². The molecule has 0 amide bonds. The molecule has 2 aliphatic rings. The minimum absolute atomic E-state index is 0. The van der Waals surface area contributed by atoms with Gasteiger partial charge in [-0.25, -0.2) is 0 Å². The fraction of sp³-hybridized carbons (Fsp3) is 0.286. The Morgan fingerprint density at radius 2 is 2.00 bits per heavy atom. The van der Waals surface area contributed by atoms with E-state index in [0.717, 1.165) is 6.42 Å². The van der Waals surface area contributed by atoms with Gasteiger partial charge in [0.2, 0.25) is 0 Å². The van der Waals surface area contributed by atoms with Crippen LogP contribution in [-0.4, -0.2) is 20.1 Å². The second-order valence-electron chi connectivity index (χ2n) is 3.98. The molecule has 0 fully saturated rings. The molecule has 3 rings (SSSR count). The van der Waals surface area contributed by atoms with Gasteiger partial charge >= 0.3 is 29.6 Å². The Hall–Kier alpha value is -0.190. The van der Waals surface area contributed by atoms with Gasteiger partial charge in [0.25, 0.3) is 0 Å². The zero-order valence-corrected chi connectivity index (χ0v) is 14.0. The maximum absolute atomic E-state index is 3.56. The van der Waals surface area contributed by atoms with Crippen LogP contribution in [0.15, 0.2) is 52.3 Å². The van der Waals surface area contributed by atoms with Crippen LogP contribution in [0.2, 0.25) is 0 Å². The Bertz CT molecular complexity index is 443. The second-order valence-corrected chi connectivity index (χ2v) is 5.09. The number of fused-ring (bicyclic) bond motifs is 2. The summed E-state index contributed by atoms with van der Waals surface area (Å²) in [6, 6.07) is 8.99. The van der Waals surface area contributed by atoms with Crippen LogP contribution in [0.4, 0.5) is 5.69 Å². The molecule has 0 saturated heterocycles. The molecule has 0 spiro atoms. The first-order chi connectivity index (χ1) is 8.35. The number of rotatable bonds is 0. The van der Waals surface area contributed by atoms with Crippen molar-refractivity contribution in [3.8, 4) is 0 Å². The Labute approximate surface area is 136 Å². The van der Waals surface area contributed by atoms with Crippen molar-refractivity contribution in [3.63, 3.8) is 0 Å². The van der Waals surface area contributed by atoms with Crippen LogP contribution in [0.5, 0.6) is 0 Å². The van der Waals surface area contributed by atoms with Crippen molar-refractivity contribution in [2.75, 3.05) is 19.4 Å². The molecule has 1 aliphatic heterocycles. The zero-order chi connectivity index (χ0) is 12.1. The molecule has 1 aromatic carbocycles. The monoisotopic (exact) mass is 268 g/mol. The van der Waals surface area contributed by atoms with Gasteiger partial charge in [-0.15, -0.1) is 0 Å². The van der Waals surface area contributed by atoms with E-state index in [1.807, 2.05) is 11.8 Å². The van der Waals surface area contributed by atoms with Gasteiger partial charge in [0.05, 0.1) is 6.04 Å². The number of thioether (sulfide) groups is 1. The van der Waals surface area contributed by atoms with Crippen LogP contribution < -0.4 is 34.9 Å². The third-order valence-electron chi connectivity index (χ3n) is 2.56. The third kappa shape index (κ3) is 3.90. The Kier molecular flexibility index (Phi) is 7.12. The largest absolute Gasteiger partial charge is 1.00 e. The van der Waals surface area contributed by atoms with Crippen molar-refractivity contribution in [2.45, 2.75) is 17.4 Å². The molecule has 1 unspecified atom stereocenters. The summed E-state index contributed by atoms with van der Waals surface area (Å²) in [4.78, 5) is 2.77. The SMILES string of the molecule is C1=CCC2Nc3ccccc3SC2=C1.C[N-]C.[Na+]. The van der Waals surface area contributed by atoms with Crippen molar-refractivity contribution in [1.29, 1.82) is 0 Å². The van der Waals surface area contributed by atoms with Gasteiger partial charge in [-0.1, -0.05) is 42.1 Å². The van der Waals surface area contributed by atoms with E-state index >= 15 is 0 Å². The predicted molar refractivity (Wildman–Crippen MR) is 76.8 cm³/mol. The minimum atomic E-state index is 0. The Morgan fingerprint density at radius 1 is 1.28 bits per heavy atom. The summed E-state index contributed by atoms with van der Waals surface area (Å²) in [5.74, 6) is 0. The average Bonchev–Trinajstić information content (AvgIpc) is 2.37. The third-order valence-corrected chi connectivity index (χ3v) is 3.79. The Balaban J connectivity index is 0.000000372. The molecule has 1 aliphatic carbocycles. The summed E-state index contributed by atoms with van der Waals surface area (Å²) < 4.78 is 0. The van der Waals surface area contributed by atoms with Gasteiger partial charge < -0.3 is 10.6 Å². The molecule has 0 saturated carbocycles. The molecule has 0 radical (unpaired) electrons. The molecular formula is C14H17N2NaS. The van der Waals surface area contributed by atoms with E-state index in [9.17, 15) is 0 Å². The topological polar surface area (TPSA) is 26.1 Å². The van der Waals surface area contributed by atoms with Gasteiger partial charge in [-0.05, 0) is 18.6 Å². The smallest absolute Gasteiger partial charge is 0.668 e. The van der Waals surface area contributed by atoms with Crippen LogP contribution in [0.3, 0.4) is 0 Å². The number of nitrogens with zero attached hydrogens (tertiary/aromatic N) is 1. The number of anilines is 1. The van der Waals surface area contributed by atoms with Gasteiger partial charge in [0, 0.05) is 15.5 Å². The molecule has 1 heterocycles. The normalized spacial score (nSPS) is 19.0. The van der Waals surface area contributed by atoms with Crippen LogP contribution in [0.25, 0.3) is 5.32 Å². The molecule has 1 N–H and O–H groups in total. The van der Waals surface area contributed by atoms with E-state index < -0.39 is 0 Å². The van der Waals surface area contributed by atoms with Crippen molar-refractivity contribution in [3.05, 3.63) is 52.7 Å². The molecule has 18 heavy (non-hydrogen) atoms. The van der Waals surface area contributed by atoms with Crippen LogP contribution in [-0.2, 0) is 0 Å². The molecule has 90 valence electrons. The van der Waals surface area contributed by atoms with Crippen LogP contribution >= 0.6 is 11.8 Å². The molecule has 0 aromatic heterocycles. The Morgan fingerprint density at radius 3 is 2.78 bits per heavy atom. The van der Waals surface area contributed by atoms with Crippen LogP contribution in [0, 0.1) is 0 Å². The van der Waals surface area contributed by atoms with E-state index in [-0.39, 0.29) is 29.6 Å². The first-order valence-corrected chi connectivity index (χ1v) is 6.55. The van der Waals surface area contributed by atoms with Crippen molar-refractivity contribution in [1.82, 2.24) is 0 Å². The number of nitrogens with one attached hydrogen (secondary N) is 1. The molecule has 1 aromatic rings. The summed E-state index contributed by atoms with van der Waals surface area (Å²) in [7, 11) is 3.50. The summed E-state index contributed by atoms with van der Waals surface area (Å²) in [6.07, 6.45) is 7.68. The molecule has 4 heteroatoms. The van der Waals surface area contributed by atoms with Crippen molar-refractivity contribution >= 4 is 17.4 Å². The molecule has 1 atom stereocenters. The maximum Gasteiger partial charge on any atom is 1.00 e. The fourth-order valence-electron chi connectivity index (χ4n) is 1.83. The van der Waals surface area contributed by atoms with Gasteiger partial charge in [0.1, 0.15) is 0 Å². The minimum Gasteiger partial charge on any atom is -0.668 e. The van der Waals surface area contributed by atoms with Crippen LogP contribution in [0.1, 0.15) is 6.42 Å². The van der Waals surface area contributed by atoms with E-state index in [0.29, 0.717) is 6.04 Å². The van der Waals surface area contributed by atoms with Gasteiger partial charge in [-0.2, -0.15) is 14.1 Å². The first-order valence-electron chi connectivity index (χ1n) is 5.73. The fourth-order valence-corrected chi connectivity index (χ4v) is 2.92. The first kappa shape index (κ1) is 15.9. The number of hydrogen-bond donors (Lipinski definition) is 1. The predicted octanol–water partition coefficient (Wildman–Crippen LogP) is 1.04. The number of allylic oxidation sites excluding steroid dienone is 2. The van der Waals surface area contributed by atoms with Crippen molar-refractivity contribution < 1.29 is 29.6 Å². The average molecular weight is 268 g/mol. The quantitative estimate of drug-likeness (QED) is 0.712. The van der Waals surface area contributed by atoms with E-state index in [1.54, 1.807) is 14.1 Å². The summed E-state index contributed by atoms with van der Waals surface area (Å²) >= 11 is 1.89. The van der Waals surface area contributed by atoms with Crippen molar-refractivity contribution in [2.24, 2.45) is 0 Å². The van der Waals surface area contributed by atoms with E-state index in [1.165, 1.54) is 15.5 Å². The van der Waals surface area contributed by atoms with E-state index in [4.69, 9.17) is 0 Å². The molecule has 2 nitrogen and oxygen atoms in total. The number of benzene rings is 1. The summed E-state index contributed by atoms with van der Waals surface area (Å²) in [5.41, 5.74) is 1.27. The standard InChI is InChI=1S/C12H11NS.C2H6N.Na/c1-3-7-11-9(5-1)13-10-6-2-4-8-12(10)14-11;1-3-2;/h1-5,7-8,10,13H,6H2;1-2H3;/q;-1;+1. The molecular weight excluding hydrogens is 251 g/mol. The van der Waals surface area contributed by atoms with Gasteiger partial charge in [-0.3, -0.25) is 0 Å². The zero-order valence-electron chi connectivity index (χ0n) is 11.2. The maximum atomic E-state index is 3.56. The summed E-state index contributed by atoms with van der Waals surface area (Å²) in [6.45, 7) is 0. The summed E-state index contributed by atoms with van der Waals surface area (Å²) in [5, 5.41) is 7.06. The molecule has 0 bridgehead atoms. The second kappa shape index (κ2) is 8.08. The number of para-hydroxylation sites is 1. The number of hydrogen-bond acceptors (Lipinski definition) is 2. The van der Waals surface area contributed by atoms with E-state index in [2.05, 4.69) is 53.1 Å².